The van der Waals surface area contributed by atoms with Crippen LogP contribution < -0.4 is 10.2 Å². The molecule has 0 saturated carbocycles. The van der Waals surface area contributed by atoms with Crippen LogP contribution in [0.1, 0.15) is 36.6 Å². The van der Waals surface area contributed by atoms with Gasteiger partial charge in [-0.25, -0.2) is 8.42 Å². The van der Waals surface area contributed by atoms with Gasteiger partial charge in [-0.2, -0.15) is 4.31 Å². The Morgan fingerprint density at radius 3 is 2.61 bits per heavy atom. The van der Waals surface area contributed by atoms with E-state index in [0.29, 0.717) is 37.3 Å². The third-order valence-corrected chi connectivity index (χ3v) is 8.71. The van der Waals surface area contributed by atoms with Crippen molar-refractivity contribution in [3.8, 4) is 0 Å². The van der Waals surface area contributed by atoms with E-state index in [9.17, 15) is 18.0 Å². The van der Waals surface area contributed by atoms with Crippen molar-refractivity contribution in [1.29, 1.82) is 0 Å². The molecule has 4 rings (SSSR count). The number of hydrogen-bond donors (Lipinski definition) is 1. The monoisotopic (exact) mass is 461 g/mol. The minimum Gasteiger partial charge on any atom is -0.354 e. The topological polar surface area (TPSA) is 86.8 Å². The van der Waals surface area contributed by atoms with Crippen molar-refractivity contribution in [2.75, 3.05) is 24.5 Å². The summed E-state index contributed by atoms with van der Waals surface area (Å²) in [4.78, 5) is 28.1. The van der Waals surface area contributed by atoms with Crippen molar-refractivity contribution < 1.29 is 18.0 Å². The zero-order chi connectivity index (χ0) is 22.0. The molecule has 0 bridgehead atoms. The molecular formula is C22H27N3O4S2. The van der Waals surface area contributed by atoms with Gasteiger partial charge in [0.05, 0.1) is 4.90 Å². The third-order valence-electron chi connectivity index (χ3n) is 5.88. The molecule has 2 amide bonds. The van der Waals surface area contributed by atoms with Crippen molar-refractivity contribution in [1.82, 2.24) is 9.62 Å². The molecule has 9 heteroatoms. The average Bonchev–Trinajstić information content (AvgIpc) is 3.41. The Morgan fingerprint density at radius 1 is 1.16 bits per heavy atom. The van der Waals surface area contributed by atoms with E-state index in [4.69, 9.17) is 0 Å². The van der Waals surface area contributed by atoms with Gasteiger partial charge in [-0.15, -0.1) is 11.3 Å². The number of fused-ring (bicyclic) bond motifs is 1. The summed E-state index contributed by atoms with van der Waals surface area (Å²) in [7, 11) is -3.57. The Bertz CT molecular complexity index is 1060. The number of rotatable bonds is 6. The molecule has 1 N–H and O–H groups in total. The summed E-state index contributed by atoms with van der Waals surface area (Å²) in [5, 5.41) is 4.92. The summed E-state index contributed by atoms with van der Waals surface area (Å²) in [5.74, 6) is -0.452. The van der Waals surface area contributed by atoms with Crippen LogP contribution in [0.25, 0.3) is 0 Å². The summed E-state index contributed by atoms with van der Waals surface area (Å²) in [6.45, 7) is 2.99. The zero-order valence-corrected chi connectivity index (χ0v) is 19.2. The number of nitrogens with zero attached hydrogens (tertiary/aromatic N) is 2. The van der Waals surface area contributed by atoms with E-state index in [1.165, 1.54) is 21.0 Å². The van der Waals surface area contributed by atoms with Crippen molar-refractivity contribution in [2.45, 2.75) is 50.0 Å². The van der Waals surface area contributed by atoms with Crippen LogP contribution in [0.4, 0.5) is 5.69 Å². The summed E-state index contributed by atoms with van der Waals surface area (Å²) >= 11 is 1.64. The van der Waals surface area contributed by atoms with Crippen LogP contribution in [0.15, 0.2) is 40.6 Å². The van der Waals surface area contributed by atoms with Crippen LogP contribution in [0.3, 0.4) is 0 Å². The summed E-state index contributed by atoms with van der Waals surface area (Å²) in [5.41, 5.74) is 1.33. The molecule has 2 aliphatic rings. The van der Waals surface area contributed by atoms with E-state index < -0.39 is 16.1 Å². The number of anilines is 1. The average molecular weight is 462 g/mol. The predicted octanol–water partition coefficient (Wildman–Crippen LogP) is 2.56. The third kappa shape index (κ3) is 4.53. The number of benzene rings is 1. The number of thiophene rings is 1. The summed E-state index contributed by atoms with van der Waals surface area (Å²) < 4.78 is 27.6. The lowest BCUT2D eigenvalue weighted by molar-refractivity contribution is -0.125. The number of nitrogens with one attached hydrogen (secondary N) is 1. The first-order chi connectivity index (χ1) is 14.9. The fourth-order valence-electron chi connectivity index (χ4n) is 4.32. The molecule has 2 aliphatic heterocycles. The van der Waals surface area contributed by atoms with Gasteiger partial charge < -0.3 is 5.32 Å². The summed E-state index contributed by atoms with van der Waals surface area (Å²) in [6, 6.07) is 8.18. The second-order valence-corrected chi connectivity index (χ2v) is 11.0. The molecular weight excluding hydrogens is 434 g/mol. The Hall–Kier alpha value is -2.23. The van der Waals surface area contributed by atoms with E-state index >= 15 is 0 Å². The second kappa shape index (κ2) is 9.10. The van der Waals surface area contributed by atoms with Gasteiger partial charge in [0.2, 0.25) is 21.8 Å². The van der Waals surface area contributed by atoms with Gasteiger partial charge in [0.1, 0.15) is 6.04 Å². The van der Waals surface area contributed by atoms with Crippen LogP contribution >= 0.6 is 11.3 Å². The van der Waals surface area contributed by atoms with Gasteiger partial charge in [0, 0.05) is 43.5 Å². The SMILES string of the molecule is CC(=O)N1c2ccc(S(=O)(=O)N3CCCCC3)cc2CC1C(=O)NCCc1cccs1. The highest BCUT2D eigenvalue weighted by Crippen LogP contribution is 2.35. The largest absolute Gasteiger partial charge is 0.354 e. The standard InChI is InChI=1S/C22H27N3O4S2/c1-16(26)25-20-8-7-19(31(28,29)24-11-3-2-4-12-24)14-17(20)15-21(25)22(27)23-10-9-18-6-5-13-30-18/h5-8,13-14,21H,2-4,9-12,15H2,1H3,(H,23,27). The fraction of sp³-hybridized carbons (Fsp3) is 0.455. The lowest BCUT2D eigenvalue weighted by atomic mass is 10.1. The molecule has 0 radical (unpaired) electrons. The van der Waals surface area contributed by atoms with E-state index in [0.717, 1.165) is 25.7 Å². The molecule has 1 atom stereocenters. The number of piperidine rings is 1. The minimum absolute atomic E-state index is 0.219. The van der Waals surface area contributed by atoms with Gasteiger partial charge >= 0.3 is 0 Å². The Kier molecular flexibility index (Phi) is 6.45. The van der Waals surface area contributed by atoms with Gasteiger partial charge in [0.15, 0.2) is 0 Å². The molecule has 2 aromatic rings. The molecule has 1 aromatic heterocycles. The van der Waals surface area contributed by atoms with Crippen LogP contribution in [0, 0.1) is 0 Å². The minimum atomic E-state index is -3.57. The maximum Gasteiger partial charge on any atom is 0.243 e. The van der Waals surface area contributed by atoms with Gasteiger partial charge in [-0.1, -0.05) is 12.5 Å². The molecule has 7 nitrogen and oxygen atoms in total. The van der Waals surface area contributed by atoms with E-state index in [1.54, 1.807) is 29.5 Å². The molecule has 1 fully saturated rings. The van der Waals surface area contributed by atoms with Crippen LogP contribution in [-0.2, 0) is 32.5 Å². The molecule has 0 aliphatic carbocycles. The first-order valence-electron chi connectivity index (χ1n) is 10.6. The highest BCUT2D eigenvalue weighted by Gasteiger charge is 2.38. The lowest BCUT2D eigenvalue weighted by Crippen LogP contribution is -2.47. The number of hydrogen-bond acceptors (Lipinski definition) is 5. The molecule has 166 valence electrons. The maximum absolute atomic E-state index is 13.0. The smallest absolute Gasteiger partial charge is 0.243 e. The van der Waals surface area contributed by atoms with Gasteiger partial charge in [-0.05, 0) is 54.5 Å². The zero-order valence-electron chi connectivity index (χ0n) is 17.5. The lowest BCUT2D eigenvalue weighted by Gasteiger charge is -2.26. The first-order valence-corrected chi connectivity index (χ1v) is 12.9. The van der Waals surface area contributed by atoms with Crippen LogP contribution in [0.2, 0.25) is 0 Å². The predicted molar refractivity (Wildman–Crippen MR) is 121 cm³/mol. The molecule has 3 heterocycles. The molecule has 1 saturated heterocycles. The number of sulfonamides is 1. The van der Waals surface area contributed by atoms with Crippen molar-refractivity contribution >= 4 is 38.9 Å². The Balaban J connectivity index is 1.51. The van der Waals surface area contributed by atoms with Gasteiger partial charge in [0.25, 0.3) is 0 Å². The van der Waals surface area contributed by atoms with Crippen molar-refractivity contribution in [3.63, 3.8) is 0 Å². The molecule has 1 unspecified atom stereocenters. The van der Waals surface area contributed by atoms with E-state index in [1.807, 2.05) is 17.5 Å². The summed E-state index contributed by atoms with van der Waals surface area (Å²) in [6.07, 6.45) is 3.84. The second-order valence-electron chi connectivity index (χ2n) is 7.98. The highest BCUT2D eigenvalue weighted by atomic mass is 32.2. The molecule has 0 spiro atoms. The van der Waals surface area contributed by atoms with E-state index in [-0.39, 0.29) is 16.7 Å². The van der Waals surface area contributed by atoms with Crippen molar-refractivity contribution in [2.24, 2.45) is 0 Å². The van der Waals surface area contributed by atoms with Crippen LogP contribution in [0.5, 0.6) is 0 Å². The number of amides is 2. The molecule has 1 aromatic carbocycles. The number of carbonyl (C=O) groups is 2. The Morgan fingerprint density at radius 2 is 1.94 bits per heavy atom. The van der Waals surface area contributed by atoms with Crippen molar-refractivity contribution in [3.05, 3.63) is 46.2 Å². The Labute approximate surface area is 187 Å². The van der Waals surface area contributed by atoms with E-state index in [2.05, 4.69) is 5.32 Å². The number of carbonyl (C=O) groups excluding carboxylic acids is 2. The highest BCUT2D eigenvalue weighted by molar-refractivity contribution is 7.89. The molecule has 31 heavy (non-hydrogen) atoms. The normalized spacial score (nSPS) is 19.3. The quantitative estimate of drug-likeness (QED) is 0.716. The fourth-order valence-corrected chi connectivity index (χ4v) is 6.60. The first kappa shape index (κ1) is 22.0. The maximum atomic E-state index is 13.0. The van der Waals surface area contributed by atoms with Crippen LogP contribution in [-0.4, -0.2) is 50.2 Å². The van der Waals surface area contributed by atoms with Gasteiger partial charge in [-0.3, -0.25) is 14.5 Å².